The minimum absolute atomic E-state index is 0.0271. The van der Waals surface area contributed by atoms with Crippen LogP contribution in [-0.2, 0) is 19.1 Å². The van der Waals surface area contributed by atoms with Crippen LogP contribution in [0, 0.1) is 5.92 Å². The van der Waals surface area contributed by atoms with Gasteiger partial charge in [-0.2, -0.15) is 0 Å². The van der Waals surface area contributed by atoms with E-state index in [1.54, 1.807) is 27.7 Å². The zero-order valence-corrected chi connectivity index (χ0v) is 19.5. The number of carbonyl (C=O) groups excluding carboxylic acids is 2. The first-order valence-corrected chi connectivity index (χ1v) is 11.0. The third kappa shape index (κ3) is 4.38. The highest BCUT2D eigenvalue weighted by Crippen LogP contribution is 2.46. The Morgan fingerprint density at radius 3 is 2.31 bits per heavy atom. The van der Waals surface area contributed by atoms with E-state index >= 15 is 0 Å². The number of carbonyl (C=O) groups is 2. The fraction of sp³-hybridized carbons (Fsp3) is 0.440. The van der Waals surface area contributed by atoms with Gasteiger partial charge in [-0.25, -0.2) is 4.79 Å². The normalized spacial score (nSPS) is 18.5. The number of rotatable bonds is 7. The second-order valence-electron chi connectivity index (χ2n) is 8.01. The summed E-state index contributed by atoms with van der Waals surface area (Å²) in [4.78, 5) is 30.8. The lowest BCUT2D eigenvalue weighted by molar-refractivity contribution is -0.146. The molecule has 1 aromatic carbocycles. The zero-order valence-electron chi connectivity index (χ0n) is 19.5. The molecule has 0 saturated heterocycles. The highest BCUT2D eigenvalue weighted by atomic mass is 16.5. The van der Waals surface area contributed by atoms with E-state index < -0.39 is 23.8 Å². The van der Waals surface area contributed by atoms with Gasteiger partial charge in [0.1, 0.15) is 17.4 Å². The highest BCUT2D eigenvalue weighted by molar-refractivity contribution is 6.07. The van der Waals surface area contributed by atoms with E-state index in [4.69, 9.17) is 14.0 Å². The molecule has 3 rings (SSSR count). The Bertz CT molecular complexity index is 1050. The lowest BCUT2D eigenvalue weighted by atomic mass is 9.73. The number of allylic oxidation sites excluding steroid dienone is 1. The number of aromatic nitrogens is 1. The Morgan fingerprint density at radius 1 is 1.06 bits per heavy atom. The summed E-state index contributed by atoms with van der Waals surface area (Å²) in [7, 11) is 0. The standard InChI is InChI=1S/C25H30N2O5/c1-7-30-24(28)18-15(5)26-16(6)19(25(29)31-8-2)20(18)21-22(17-12-10-9-11-13-17)27-32-23(21)14(3)4/h9-14,18,20H,7-8H2,1-6H3. The molecular weight excluding hydrogens is 408 g/mol. The molecule has 7 nitrogen and oxygen atoms in total. The number of hydrogen-bond donors (Lipinski definition) is 0. The molecule has 170 valence electrons. The van der Waals surface area contributed by atoms with E-state index in [1.165, 1.54) is 0 Å². The van der Waals surface area contributed by atoms with Crippen LogP contribution in [0.3, 0.4) is 0 Å². The molecule has 1 aliphatic heterocycles. The van der Waals surface area contributed by atoms with Crippen molar-refractivity contribution >= 4 is 17.7 Å². The maximum atomic E-state index is 13.1. The van der Waals surface area contributed by atoms with Crippen molar-refractivity contribution in [2.24, 2.45) is 10.9 Å². The molecule has 0 saturated carbocycles. The molecule has 0 amide bonds. The SMILES string of the molecule is CCOC(=O)C1=C(C)N=C(C)C(C(=O)OCC)C1c1c(-c2ccccc2)noc1C(C)C. The second-order valence-corrected chi connectivity index (χ2v) is 8.01. The Kier molecular flexibility index (Phi) is 7.28. The lowest BCUT2D eigenvalue weighted by Gasteiger charge is -2.31. The van der Waals surface area contributed by atoms with Crippen LogP contribution in [0.2, 0.25) is 0 Å². The van der Waals surface area contributed by atoms with Gasteiger partial charge in [-0.3, -0.25) is 9.79 Å². The average molecular weight is 439 g/mol. The third-order valence-corrected chi connectivity index (χ3v) is 5.50. The van der Waals surface area contributed by atoms with Crippen molar-refractivity contribution < 1.29 is 23.6 Å². The maximum absolute atomic E-state index is 13.1. The molecule has 7 heteroatoms. The molecule has 2 heterocycles. The van der Waals surface area contributed by atoms with E-state index in [2.05, 4.69) is 10.1 Å². The number of nitrogens with zero attached hydrogens (tertiary/aromatic N) is 2. The van der Waals surface area contributed by atoms with Gasteiger partial charge in [0, 0.05) is 34.4 Å². The molecule has 0 aliphatic carbocycles. The van der Waals surface area contributed by atoms with Crippen molar-refractivity contribution in [3.63, 3.8) is 0 Å². The number of aliphatic imine (C=N–C) groups is 1. The molecule has 32 heavy (non-hydrogen) atoms. The van der Waals surface area contributed by atoms with E-state index in [0.717, 1.165) is 5.56 Å². The van der Waals surface area contributed by atoms with Crippen molar-refractivity contribution in [1.29, 1.82) is 0 Å². The van der Waals surface area contributed by atoms with Gasteiger partial charge < -0.3 is 14.0 Å². The molecule has 2 atom stereocenters. The smallest absolute Gasteiger partial charge is 0.336 e. The van der Waals surface area contributed by atoms with Crippen molar-refractivity contribution in [1.82, 2.24) is 5.16 Å². The molecule has 0 radical (unpaired) electrons. The van der Waals surface area contributed by atoms with Crippen molar-refractivity contribution in [3.8, 4) is 11.3 Å². The van der Waals surface area contributed by atoms with E-state index in [0.29, 0.717) is 34.0 Å². The van der Waals surface area contributed by atoms with E-state index in [1.807, 2.05) is 44.2 Å². The van der Waals surface area contributed by atoms with Crippen LogP contribution in [0.5, 0.6) is 0 Å². The molecule has 0 bridgehead atoms. The first-order valence-electron chi connectivity index (χ1n) is 11.0. The van der Waals surface area contributed by atoms with Crippen LogP contribution in [0.4, 0.5) is 0 Å². The van der Waals surface area contributed by atoms with Gasteiger partial charge in [0.15, 0.2) is 0 Å². The summed E-state index contributed by atoms with van der Waals surface area (Å²) in [6.07, 6.45) is 0. The van der Waals surface area contributed by atoms with Crippen LogP contribution in [0.25, 0.3) is 11.3 Å². The summed E-state index contributed by atoms with van der Waals surface area (Å²) in [5.41, 5.74) is 3.55. The minimum atomic E-state index is -0.794. The Balaban J connectivity index is 2.33. The Labute approximate surface area is 188 Å². The van der Waals surface area contributed by atoms with Crippen LogP contribution in [0.15, 0.2) is 51.1 Å². The fourth-order valence-corrected chi connectivity index (χ4v) is 4.19. The molecular formula is C25H30N2O5. The summed E-state index contributed by atoms with van der Waals surface area (Å²) in [6, 6.07) is 9.59. The van der Waals surface area contributed by atoms with Gasteiger partial charge in [-0.05, 0) is 27.7 Å². The zero-order chi connectivity index (χ0) is 23.4. The third-order valence-electron chi connectivity index (χ3n) is 5.50. The fourth-order valence-electron chi connectivity index (χ4n) is 4.19. The van der Waals surface area contributed by atoms with Crippen LogP contribution in [-0.4, -0.2) is 36.0 Å². The molecule has 0 spiro atoms. The van der Waals surface area contributed by atoms with Crippen molar-refractivity contribution in [3.05, 3.63) is 52.9 Å². The van der Waals surface area contributed by atoms with Gasteiger partial charge >= 0.3 is 11.9 Å². The lowest BCUT2D eigenvalue weighted by Crippen LogP contribution is -2.37. The predicted octanol–water partition coefficient (Wildman–Crippen LogP) is 5.04. The Morgan fingerprint density at radius 2 is 1.72 bits per heavy atom. The summed E-state index contributed by atoms with van der Waals surface area (Å²) in [5, 5.41) is 4.37. The van der Waals surface area contributed by atoms with Gasteiger partial charge in [0.05, 0.1) is 18.8 Å². The topological polar surface area (TPSA) is 91.0 Å². The van der Waals surface area contributed by atoms with Gasteiger partial charge in [0.25, 0.3) is 0 Å². The predicted molar refractivity (Wildman–Crippen MR) is 121 cm³/mol. The average Bonchev–Trinajstić information content (AvgIpc) is 3.19. The maximum Gasteiger partial charge on any atom is 0.336 e. The second kappa shape index (κ2) is 9.94. The molecule has 0 N–H and O–H groups in total. The minimum Gasteiger partial charge on any atom is -0.465 e. The monoisotopic (exact) mass is 438 g/mol. The first kappa shape index (κ1) is 23.4. The van der Waals surface area contributed by atoms with Gasteiger partial charge in [-0.1, -0.05) is 49.3 Å². The summed E-state index contributed by atoms with van der Waals surface area (Å²) in [5.74, 6) is -1.84. The largest absolute Gasteiger partial charge is 0.465 e. The number of hydrogen-bond acceptors (Lipinski definition) is 7. The highest BCUT2D eigenvalue weighted by Gasteiger charge is 2.46. The molecule has 1 aromatic heterocycles. The summed E-state index contributed by atoms with van der Waals surface area (Å²) < 4.78 is 16.6. The number of ether oxygens (including phenoxy) is 2. The molecule has 1 aliphatic rings. The first-order chi connectivity index (χ1) is 15.3. The summed E-state index contributed by atoms with van der Waals surface area (Å²) in [6.45, 7) is 11.5. The molecule has 0 fully saturated rings. The van der Waals surface area contributed by atoms with Crippen molar-refractivity contribution in [2.75, 3.05) is 13.2 Å². The quantitative estimate of drug-likeness (QED) is 0.563. The van der Waals surface area contributed by atoms with Crippen molar-refractivity contribution in [2.45, 2.75) is 53.4 Å². The van der Waals surface area contributed by atoms with Crippen LogP contribution >= 0.6 is 0 Å². The van der Waals surface area contributed by atoms with Crippen LogP contribution < -0.4 is 0 Å². The van der Waals surface area contributed by atoms with Gasteiger partial charge in [0.2, 0.25) is 0 Å². The summed E-state index contributed by atoms with van der Waals surface area (Å²) >= 11 is 0. The molecule has 2 aromatic rings. The van der Waals surface area contributed by atoms with Crippen LogP contribution in [0.1, 0.15) is 64.7 Å². The van der Waals surface area contributed by atoms with Gasteiger partial charge in [-0.15, -0.1) is 0 Å². The Hall–Kier alpha value is -3.22. The van der Waals surface area contributed by atoms with E-state index in [9.17, 15) is 9.59 Å². The number of benzene rings is 1. The molecule has 2 unspecified atom stereocenters. The van der Waals surface area contributed by atoms with E-state index in [-0.39, 0.29) is 19.1 Å². The number of esters is 2.